The molecule has 5 nitrogen and oxygen atoms in total. The number of nitrogens with zero attached hydrogens (tertiary/aromatic N) is 1. The summed E-state index contributed by atoms with van der Waals surface area (Å²) in [4.78, 5) is 13.0. The molecule has 0 aliphatic heterocycles. The summed E-state index contributed by atoms with van der Waals surface area (Å²) in [6, 6.07) is 23.5. The Bertz CT molecular complexity index is 1290. The van der Waals surface area contributed by atoms with Gasteiger partial charge in [-0.15, -0.1) is 0 Å². The third kappa shape index (κ3) is 4.00. The highest BCUT2D eigenvalue weighted by molar-refractivity contribution is 7.91. The van der Waals surface area contributed by atoms with E-state index in [4.69, 9.17) is 0 Å². The first-order valence-electron chi connectivity index (χ1n) is 9.65. The smallest absolute Gasteiger partial charge is 0.240 e. The fraction of sp³-hybridized carbons (Fsp3) is 0.125. The van der Waals surface area contributed by atoms with Crippen LogP contribution in [0.2, 0.25) is 0 Å². The van der Waals surface area contributed by atoms with Crippen LogP contribution in [0.5, 0.6) is 0 Å². The lowest BCUT2D eigenvalue weighted by Gasteiger charge is -2.08. The van der Waals surface area contributed by atoms with Crippen LogP contribution in [0.1, 0.15) is 11.1 Å². The van der Waals surface area contributed by atoms with Crippen LogP contribution < -0.4 is 5.32 Å². The van der Waals surface area contributed by atoms with Crippen molar-refractivity contribution in [3.8, 4) is 0 Å². The van der Waals surface area contributed by atoms with Gasteiger partial charge in [0.1, 0.15) is 6.54 Å². The molecule has 0 aliphatic carbocycles. The topological polar surface area (TPSA) is 68.2 Å². The number of hydrogen-bond acceptors (Lipinski definition) is 3. The summed E-state index contributed by atoms with van der Waals surface area (Å²) >= 11 is 0. The zero-order valence-corrected chi connectivity index (χ0v) is 17.4. The van der Waals surface area contributed by atoms with E-state index in [0.29, 0.717) is 17.4 Å². The summed E-state index contributed by atoms with van der Waals surface area (Å²) in [7, 11) is -3.69. The minimum absolute atomic E-state index is 0.0384. The number of carbonyl (C=O) groups excluding carboxylic acids is 1. The van der Waals surface area contributed by atoms with Gasteiger partial charge in [0, 0.05) is 23.6 Å². The first-order valence-corrected chi connectivity index (χ1v) is 11.1. The minimum Gasteiger partial charge on any atom is -0.350 e. The standard InChI is InChI=1S/C24H22N2O3S/c1-18-11-13-19(14-12-18)15-25-24(27)17-26-16-23(21-9-5-6-10-22(21)26)30(28,29)20-7-3-2-4-8-20/h2-14,16H,15,17H2,1H3,(H,25,27). The number of benzene rings is 3. The average Bonchev–Trinajstić information content (AvgIpc) is 3.13. The van der Waals surface area contributed by atoms with Crippen LogP contribution in [0.15, 0.2) is 94.9 Å². The van der Waals surface area contributed by atoms with Gasteiger partial charge in [0.2, 0.25) is 15.7 Å². The van der Waals surface area contributed by atoms with Gasteiger partial charge in [-0.25, -0.2) is 8.42 Å². The van der Waals surface area contributed by atoms with E-state index in [1.807, 2.05) is 43.3 Å². The summed E-state index contributed by atoms with van der Waals surface area (Å²) in [5, 5.41) is 3.51. The van der Waals surface area contributed by atoms with Crippen LogP contribution >= 0.6 is 0 Å². The van der Waals surface area contributed by atoms with Crippen molar-refractivity contribution in [3.05, 3.63) is 96.2 Å². The Morgan fingerprint density at radius 3 is 2.30 bits per heavy atom. The quantitative estimate of drug-likeness (QED) is 0.513. The zero-order valence-electron chi connectivity index (χ0n) is 16.6. The van der Waals surface area contributed by atoms with Crippen LogP contribution in [-0.2, 0) is 27.7 Å². The Morgan fingerprint density at radius 1 is 0.900 bits per heavy atom. The van der Waals surface area contributed by atoms with Crippen molar-refractivity contribution in [2.45, 2.75) is 29.8 Å². The summed E-state index contributed by atoms with van der Waals surface area (Å²) in [5.41, 5.74) is 2.88. The highest BCUT2D eigenvalue weighted by Gasteiger charge is 2.23. The Morgan fingerprint density at radius 2 is 1.57 bits per heavy atom. The van der Waals surface area contributed by atoms with Crippen molar-refractivity contribution in [3.63, 3.8) is 0 Å². The number of rotatable bonds is 6. The third-order valence-electron chi connectivity index (χ3n) is 5.02. The number of aryl methyl sites for hydroxylation is 1. The van der Waals surface area contributed by atoms with E-state index in [1.165, 1.54) is 0 Å². The van der Waals surface area contributed by atoms with E-state index in [0.717, 1.165) is 11.1 Å². The molecule has 0 saturated carbocycles. The fourth-order valence-electron chi connectivity index (χ4n) is 3.40. The van der Waals surface area contributed by atoms with Gasteiger partial charge in [-0.05, 0) is 30.7 Å². The molecule has 152 valence electrons. The SMILES string of the molecule is Cc1ccc(CNC(=O)Cn2cc(S(=O)(=O)c3ccccc3)c3ccccc32)cc1. The van der Waals surface area contributed by atoms with Crippen LogP contribution in [0.25, 0.3) is 10.9 Å². The van der Waals surface area contributed by atoms with Gasteiger partial charge in [0.05, 0.1) is 9.79 Å². The highest BCUT2D eigenvalue weighted by atomic mass is 32.2. The molecular weight excluding hydrogens is 396 g/mol. The Balaban J connectivity index is 1.61. The van der Waals surface area contributed by atoms with Crippen LogP contribution in [0.3, 0.4) is 0 Å². The molecule has 0 atom stereocenters. The van der Waals surface area contributed by atoms with Crippen LogP contribution in [-0.4, -0.2) is 18.9 Å². The second kappa shape index (κ2) is 8.16. The maximum atomic E-state index is 13.2. The van der Waals surface area contributed by atoms with Gasteiger partial charge >= 0.3 is 0 Å². The first-order chi connectivity index (χ1) is 14.4. The van der Waals surface area contributed by atoms with E-state index >= 15 is 0 Å². The average molecular weight is 419 g/mol. The Hall–Kier alpha value is -3.38. The molecule has 4 rings (SSSR count). The van der Waals surface area contributed by atoms with Crippen molar-refractivity contribution < 1.29 is 13.2 Å². The van der Waals surface area contributed by atoms with Crippen molar-refractivity contribution in [2.75, 3.05) is 0 Å². The number of para-hydroxylation sites is 1. The Labute approximate surface area is 175 Å². The maximum Gasteiger partial charge on any atom is 0.240 e. The molecule has 30 heavy (non-hydrogen) atoms. The third-order valence-corrected chi connectivity index (χ3v) is 6.82. The molecule has 0 aliphatic rings. The second-order valence-electron chi connectivity index (χ2n) is 7.22. The van der Waals surface area contributed by atoms with Gasteiger partial charge in [-0.3, -0.25) is 4.79 Å². The maximum absolute atomic E-state index is 13.2. The molecule has 6 heteroatoms. The van der Waals surface area contributed by atoms with E-state index in [9.17, 15) is 13.2 Å². The lowest BCUT2D eigenvalue weighted by Crippen LogP contribution is -2.26. The predicted octanol–water partition coefficient (Wildman–Crippen LogP) is 4.10. The van der Waals surface area contributed by atoms with Gasteiger partial charge in [-0.2, -0.15) is 0 Å². The molecule has 1 N–H and O–H groups in total. The number of sulfone groups is 1. The summed E-state index contributed by atoms with van der Waals surface area (Å²) in [6.07, 6.45) is 1.55. The summed E-state index contributed by atoms with van der Waals surface area (Å²) < 4.78 is 28.0. The molecular formula is C24H22N2O3S. The van der Waals surface area contributed by atoms with E-state index < -0.39 is 9.84 Å². The number of aromatic nitrogens is 1. The lowest BCUT2D eigenvalue weighted by molar-refractivity contribution is -0.121. The van der Waals surface area contributed by atoms with Gasteiger partial charge in [0.15, 0.2) is 0 Å². The molecule has 0 bridgehead atoms. The molecule has 3 aromatic carbocycles. The van der Waals surface area contributed by atoms with Crippen LogP contribution in [0, 0.1) is 6.92 Å². The van der Waals surface area contributed by atoms with E-state index in [-0.39, 0.29) is 22.2 Å². The van der Waals surface area contributed by atoms with E-state index in [1.54, 1.807) is 53.2 Å². The molecule has 0 fully saturated rings. The molecule has 0 spiro atoms. The molecule has 0 saturated heterocycles. The molecule has 0 radical (unpaired) electrons. The monoisotopic (exact) mass is 418 g/mol. The van der Waals surface area contributed by atoms with Crippen LogP contribution in [0.4, 0.5) is 0 Å². The predicted molar refractivity (Wildman–Crippen MR) is 117 cm³/mol. The normalized spacial score (nSPS) is 11.5. The summed E-state index contributed by atoms with van der Waals surface area (Å²) in [6.45, 7) is 2.48. The molecule has 1 heterocycles. The molecule has 0 unspecified atom stereocenters. The highest BCUT2D eigenvalue weighted by Crippen LogP contribution is 2.30. The first kappa shape index (κ1) is 19.9. The number of amides is 1. The largest absolute Gasteiger partial charge is 0.350 e. The second-order valence-corrected chi connectivity index (χ2v) is 9.14. The minimum atomic E-state index is -3.69. The number of nitrogens with one attached hydrogen (secondary N) is 1. The summed E-state index contributed by atoms with van der Waals surface area (Å²) in [5.74, 6) is -0.181. The van der Waals surface area contributed by atoms with Gasteiger partial charge in [0.25, 0.3) is 0 Å². The molecule has 1 aromatic heterocycles. The van der Waals surface area contributed by atoms with Gasteiger partial charge < -0.3 is 9.88 Å². The van der Waals surface area contributed by atoms with Crippen molar-refractivity contribution in [1.29, 1.82) is 0 Å². The van der Waals surface area contributed by atoms with Crippen molar-refractivity contribution in [1.82, 2.24) is 9.88 Å². The molecule has 4 aromatic rings. The van der Waals surface area contributed by atoms with Crippen molar-refractivity contribution in [2.24, 2.45) is 0 Å². The van der Waals surface area contributed by atoms with Gasteiger partial charge in [-0.1, -0.05) is 66.2 Å². The number of hydrogen-bond donors (Lipinski definition) is 1. The zero-order chi connectivity index (χ0) is 21.1. The number of carbonyl (C=O) groups is 1. The number of fused-ring (bicyclic) bond motifs is 1. The fourth-order valence-corrected chi connectivity index (χ4v) is 4.90. The Kier molecular flexibility index (Phi) is 5.42. The van der Waals surface area contributed by atoms with E-state index in [2.05, 4.69) is 5.32 Å². The molecule has 1 amide bonds. The van der Waals surface area contributed by atoms with Crippen molar-refractivity contribution >= 4 is 26.6 Å². The lowest BCUT2D eigenvalue weighted by atomic mass is 10.1.